The zero-order chi connectivity index (χ0) is 14.7. The number of benzene rings is 1. The summed E-state index contributed by atoms with van der Waals surface area (Å²) in [5.74, 6) is 0.162. The molecule has 0 unspecified atom stereocenters. The zero-order valence-corrected chi connectivity index (χ0v) is 11.5. The number of imidazole rings is 1. The topological polar surface area (TPSA) is 53.3 Å². The minimum Gasteiger partial charge on any atom is -0.497 e. The van der Waals surface area contributed by atoms with Crippen LogP contribution in [0.3, 0.4) is 0 Å². The summed E-state index contributed by atoms with van der Waals surface area (Å²) in [7, 11) is 2.77. The van der Waals surface area contributed by atoms with Crippen molar-refractivity contribution < 1.29 is 18.7 Å². The van der Waals surface area contributed by atoms with Gasteiger partial charge in [0, 0.05) is 11.6 Å². The number of aromatic nitrogens is 2. The van der Waals surface area contributed by atoms with Crippen molar-refractivity contribution in [3.05, 3.63) is 47.3 Å². The molecule has 0 saturated carbocycles. The van der Waals surface area contributed by atoms with Crippen LogP contribution in [0, 0.1) is 12.7 Å². The first kappa shape index (κ1) is 14.0. The van der Waals surface area contributed by atoms with Crippen LogP contribution in [0.5, 0.6) is 5.75 Å². The third-order valence-electron chi connectivity index (χ3n) is 3.04. The van der Waals surface area contributed by atoms with Crippen LogP contribution in [0.15, 0.2) is 24.4 Å². The molecule has 0 aliphatic carbocycles. The van der Waals surface area contributed by atoms with Gasteiger partial charge in [-0.1, -0.05) is 6.07 Å². The molecule has 0 N–H and O–H groups in total. The van der Waals surface area contributed by atoms with Crippen LogP contribution in [0.1, 0.15) is 21.9 Å². The predicted octanol–water partition coefficient (Wildman–Crippen LogP) is 2.17. The lowest BCUT2D eigenvalue weighted by molar-refractivity contribution is 0.0588. The summed E-state index contributed by atoms with van der Waals surface area (Å²) in [6.45, 7) is 1.94. The minimum atomic E-state index is -0.500. The predicted molar refractivity (Wildman–Crippen MR) is 70.4 cm³/mol. The van der Waals surface area contributed by atoms with Gasteiger partial charge in [-0.3, -0.25) is 0 Å². The molecule has 1 aromatic carbocycles. The molecule has 6 heteroatoms. The summed E-state index contributed by atoms with van der Waals surface area (Å²) in [5.41, 5.74) is 0.734. The molecule has 0 aliphatic heterocycles. The van der Waals surface area contributed by atoms with Crippen LogP contribution >= 0.6 is 0 Å². The number of ether oxygens (including phenoxy) is 2. The van der Waals surface area contributed by atoms with Crippen LogP contribution < -0.4 is 4.74 Å². The van der Waals surface area contributed by atoms with Crippen LogP contribution in [-0.4, -0.2) is 29.7 Å². The number of carbonyl (C=O) groups is 1. The van der Waals surface area contributed by atoms with E-state index in [0.717, 1.165) is 0 Å². The van der Waals surface area contributed by atoms with Gasteiger partial charge in [0.15, 0.2) is 0 Å². The quantitative estimate of drug-likeness (QED) is 0.804. The molecule has 1 heterocycles. The summed E-state index contributed by atoms with van der Waals surface area (Å²) in [6, 6.07) is 4.59. The smallest absolute Gasteiger partial charge is 0.356 e. The third-order valence-corrected chi connectivity index (χ3v) is 3.04. The van der Waals surface area contributed by atoms with Crippen LogP contribution in [0.25, 0.3) is 0 Å². The number of hydrogen-bond acceptors (Lipinski definition) is 4. The van der Waals surface area contributed by atoms with Crippen LogP contribution in [-0.2, 0) is 11.3 Å². The van der Waals surface area contributed by atoms with Gasteiger partial charge in [0.1, 0.15) is 23.1 Å². The number of methoxy groups -OCH3 is 2. The highest BCUT2D eigenvalue weighted by molar-refractivity contribution is 5.87. The Morgan fingerprint density at radius 3 is 2.75 bits per heavy atom. The second-order valence-electron chi connectivity index (χ2n) is 4.23. The number of carbonyl (C=O) groups excluding carboxylic acids is 1. The maximum Gasteiger partial charge on any atom is 0.356 e. The summed E-state index contributed by atoms with van der Waals surface area (Å²) in [6.07, 6.45) is 1.42. The van der Waals surface area contributed by atoms with Gasteiger partial charge < -0.3 is 14.0 Å². The van der Waals surface area contributed by atoms with E-state index in [0.29, 0.717) is 22.8 Å². The Morgan fingerprint density at radius 2 is 2.15 bits per heavy atom. The third kappa shape index (κ3) is 2.64. The average Bonchev–Trinajstić information content (AvgIpc) is 2.81. The highest BCUT2D eigenvalue weighted by Gasteiger charge is 2.16. The number of hydrogen-bond donors (Lipinski definition) is 0. The first-order chi connectivity index (χ1) is 9.56. The molecule has 0 fully saturated rings. The molecular formula is C14H15FN2O3. The molecule has 5 nitrogen and oxygen atoms in total. The molecule has 1 aromatic heterocycles. The molecule has 0 spiro atoms. The molecular weight excluding hydrogens is 263 g/mol. The number of aryl methyl sites for hydroxylation is 1. The molecule has 2 aromatic rings. The van der Waals surface area contributed by atoms with Gasteiger partial charge >= 0.3 is 5.97 Å². The van der Waals surface area contributed by atoms with Crippen molar-refractivity contribution in [1.82, 2.24) is 9.55 Å². The Morgan fingerprint density at radius 1 is 1.40 bits per heavy atom. The van der Waals surface area contributed by atoms with Crippen LogP contribution in [0.4, 0.5) is 4.39 Å². The standard InChI is InChI=1S/C14H15FN2O3/c1-9-16-7-13(14(18)20-3)17(9)8-10-4-5-11(19-2)6-12(10)15/h4-7H,8H2,1-3H3. The molecule has 0 radical (unpaired) electrons. The Hall–Kier alpha value is -2.37. The first-order valence-electron chi connectivity index (χ1n) is 5.99. The van der Waals surface area contributed by atoms with E-state index in [1.54, 1.807) is 23.6 Å². The maximum absolute atomic E-state index is 13.9. The lowest BCUT2D eigenvalue weighted by Gasteiger charge is -2.10. The minimum absolute atomic E-state index is 0.200. The Bertz CT molecular complexity index is 637. The van der Waals surface area contributed by atoms with Crippen molar-refractivity contribution in [2.45, 2.75) is 13.5 Å². The molecule has 0 atom stereocenters. The van der Waals surface area contributed by atoms with Gasteiger partial charge in [-0.2, -0.15) is 0 Å². The van der Waals surface area contributed by atoms with E-state index in [-0.39, 0.29) is 6.54 Å². The number of nitrogens with zero attached hydrogens (tertiary/aromatic N) is 2. The van der Waals surface area contributed by atoms with E-state index in [2.05, 4.69) is 9.72 Å². The Balaban J connectivity index is 2.35. The van der Waals surface area contributed by atoms with E-state index in [1.807, 2.05) is 0 Å². The van der Waals surface area contributed by atoms with E-state index >= 15 is 0 Å². The van der Waals surface area contributed by atoms with Crippen LogP contribution in [0.2, 0.25) is 0 Å². The van der Waals surface area contributed by atoms with E-state index in [9.17, 15) is 9.18 Å². The molecule has 0 bridgehead atoms. The van der Waals surface area contributed by atoms with E-state index < -0.39 is 11.8 Å². The highest BCUT2D eigenvalue weighted by atomic mass is 19.1. The van der Waals surface area contributed by atoms with Crippen molar-refractivity contribution in [3.63, 3.8) is 0 Å². The molecule has 0 aliphatic rings. The normalized spacial score (nSPS) is 10.4. The fourth-order valence-corrected chi connectivity index (χ4v) is 1.89. The monoisotopic (exact) mass is 278 g/mol. The highest BCUT2D eigenvalue weighted by Crippen LogP contribution is 2.18. The lowest BCUT2D eigenvalue weighted by atomic mass is 10.2. The number of esters is 1. The van der Waals surface area contributed by atoms with Crippen molar-refractivity contribution in [2.75, 3.05) is 14.2 Å². The van der Waals surface area contributed by atoms with Crippen molar-refractivity contribution >= 4 is 5.97 Å². The van der Waals surface area contributed by atoms with Gasteiger partial charge in [0.05, 0.1) is 27.0 Å². The second kappa shape index (κ2) is 5.73. The van der Waals surface area contributed by atoms with Crippen molar-refractivity contribution in [3.8, 4) is 5.75 Å². The molecule has 0 amide bonds. The molecule has 20 heavy (non-hydrogen) atoms. The summed E-state index contributed by atoms with van der Waals surface area (Å²) >= 11 is 0. The lowest BCUT2D eigenvalue weighted by Crippen LogP contribution is -2.13. The van der Waals surface area contributed by atoms with Gasteiger partial charge in [-0.05, 0) is 13.0 Å². The largest absolute Gasteiger partial charge is 0.497 e. The van der Waals surface area contributed by atoms with Gasteiger partial charge in [0.25, 0.3) is 0 Å². The second-order valence-corrected chi connectivity index (χ2v) is 4.23. The molecule has 2 rings (SSSR count). The number of rotatable bonds is 4. The molecule has 106 valence electrons. The van der Waals surface area contributed by atoms with E-state index in [1.165, 1.54) is 26.5 Å². The Kier molecular flexibility index (Phi) is 4.02. The summed E-state index contributed by atoms with van der Waals surface area (Å²) in [4.78, 5) is 15.7. The van der Waals surface area contributed by atoms with Gasteiger partial charge in [0.2, 0.25) is 0 Å². The fraction of sp³-hybridized carbons (Fsp3) is 0.286. The Labute approximate surface area is 116 Å². The van der Waals surface area contributed by atoms with Crippen molar-refractivity contribution in [2.24, 2.45) is 0 Å². The summed E-state index contributed by atoms with van der Waals surface area (Å²) in [5, 5.41) is 0. The average molecular weight is 278 g/mol. The van der Waals surface area contributed by atoms with E-state index in [4.69, 9.17) is 4.74 Å². The summed E-state index contributed by atoms with van der Waals surface area (Å²) < 4.78 is 25.2. The fourth-order valence-electron chi connectivity index (χ4n) is 1.89. The zero-order valence-electron chi connectivity index (χ0n) is 11.5. The SMILES string of the molecule is COC(=O)c1cnc(C)n1Cc1ccc(OC)cc1F. The van der Waals surface area contributed by atoms with Gasteiger partial charge in [-0.25, -0.2) is 14.2 Å². The number of halogens is 1. The molecule has 0 saturated heterocycles. The van der Waals surface area contributed by atoms with Crippen molar-refractivity contribution in [1.29, 1.82) is 0 Å². The maximum atomic E-state index is 13.9. The first-order valence-corrected chi connectivity index (χ1v) is 5.99. The van der Waals surface area contributed by atoms with Gasteiger partial charge in [-0.15, -0.1) is 0 Å².